The Morgan fingerprint density at radius 2 is 1.85 bits per heavy atom. The molecule has 0 aromatic heterocycles. The van der Waals surface area contributed by atoms with E-state index in [4.69, 9.17) is 5.73 Å². The number of sulfonamides is 1. The van der Waals surface area contributed by atoms with Gasteiger partial charge in [0.1, 0.15) is 17.2 Å². The van der Waals surface area contributed by atoms with Crippen LogP contribution in [0.3, 0.4) is 0 Å². The van der Waals surface area contributed by atoms with Crippen LogP contribution in [0, 0.1) is 18.6 Å². The lowest BCUT2D eigenvalue weighted by Gasteiger charge is -2.35. The Hall–Kier alpha value is -3.22. The van der Waals surface area contributed by atoms with Gasteiger partial charge in [-0.1, -0.05) is 6.07 Å². The molecule has 0 saturated heterocycles. The summed E-state index contributed by atoms with van der Waals surface area (Å²) < 4.78 is 94.2. The largest absolute Gasteiger partial charge is 0.417 e. The molecule has 13 heteroatoms. The molecular formula is C20H19F5N4O3S. The van der Waals surface area contributed by atoms with Gasteiger partial charge in [-0.05, 0) is 49.2 Å². The predicted molar refractivity (Wildman–Crippen MR) is 111 cm³/mol. The number of guanidine groups is 1. The Balaban J connectivity index is 2.09. The van der Waals surface area contributed by atoms with Gasteiger partial charge in [-0.2, -0.15) is 13.2 Å². The van der Waals surface area contributed by atoms with Crippen molar-refractivity contribution in [3.05, 3.63) is 64.2 Å². The number of nitrogens with one attached hydrogen (secondary N) is 1. The van der Waals surface area contributed by atoms with E-state index in [-0.39, 0.29) is 22.8 Å². The SMILES string of the molecule is Cc1c(F)cc(NC(=O)c2c(F)cccc2C(F)(F)F)cc1[C@]1(C)CS(=O)(=O)N(C)C(N)=N1. The number of anilines is 1. The van der Waals surface area contributed by atoms with Crippen molar-refractivity contribution in [2.24, 2.45) is 10.7 Å². The average molecular weight is 490 g/mol. The molecule has 3 rings (SSSR count). The van der Waals surface area contributed by atoms with Crippen molar-refractivity contribution in [2.45, 2.75) is 25.6 Å². The smallest absolute Gasteiger partial charge is 0.369 e. The van der Waals surface area contributed by atoms with E-state index >= 15 is 0 Å². The lowest BCUT2D eigenvalue weighted by atomic mass is 9.90. The van der Waals surface area contributed by atoms with Crippen LogP contribution >= 0.6 is 0 Å². The van der Waals surface area contributed by atoms with Crippen LogP contribution in [0.1, 0.15) is 34.0 Å². The Morgan fingerprint density at radius 1 is 1.21 bits per heavy atom. The number of aliphatic imine (C=N–C) groups is 1. The zero-order valence-corrected chi connectivity index (χ0v) is 18.4. The number of rotatable bonds is 3. The summed E-state index contributed by atoms with van der Waals surface area (Å²) in [7, 11) is -2.71. The van der Waals surface area contributed by atoms with Gasteiger partial charge in [-0.3, -0.25) is 4.79 Å². The van der Waals surface area contributed by atoms with Crippen molar-refractivity contribution < 1.29 is 35.2 Å². The summed E-state index contributed by atoms with van der Waals surface area (Å²) >= 11 is 0. The highest BCUT2D eigenvalue weighted by atomic mass is 32.2. The molecule has 0 unspecified atom stereocenters. The van der Waals surface area contributed by atoms with Crippen LogP contribution in [0.4, 0.5) is 27.6 Å². The van der Waals surface area contributed by atoms with E-state index < -0.39 is 56.2 Å². The third-order valence-electron chi connectivity index (χ3n) is 5.29. The minimum Gasteiger partial charge on any atom is -0.369 e. The molecule has 7 nitrogen and oxygen atoms in total. The molecule has 0 radical (unpaired) electrons. The number of nitrogens with zero attached hydrogens (tertiary/aromatic N) is 2. The first-order chi connectivity index (χ1) is 15.1. The average Bonchev–Trinajstić information content (AvgIpc) is 2.67. The zero-order chi connectivity index (χ0) is 24.9. The molecule has 33 heavy (non-hydrogen) atoms. The van der Waals surface area contributed by atoms with Gasteiger partial charge in [0.2, 0.25) is 16.0 Å². The second-order valence-electron chi connectivity index (χ2n) is 7.71. The summed E-state index contributed by atoms with van der Waals surface area (Å²) in [6.07, 6.45) is -5.01. The molecule has 1 amide bonds. The van der Waals surface area contributed by atoms with Crippen LogP contribution in [-0.2, 0) is 21.7 Å². The molecule has 0 aliphatic carbocycles. The quantitative estimate of drug-likeness (QED) is 0.644. The number of carbonyl (C=O) groups excluding carboxylic acids is 1. The third-order valence-corrected chi connectivity index (χ3v) is 7.24. The Morgan fingerprint density at radius 3 is 2.42 bits per heavy atom. The van der Waals surface area contributed by atoms with Crippen LogP contribution in [0.2, 0.25) is 0 Å². The number of halogens is 5. The minimum absolute atomic E-state index is 0.00586. The van der Waals surface area contributed by atoms with Crippen LogP contribution in [-0.4, -0.2) is 37.4 Å². The number of benzene rings is 2. The van der Waals surface area contributed by atoms with Crippen LogP contribution < -0.4 is 11.1 Å². The fourth-order valence-electron chi connectivity index (χ4n) is 3.58. The molecule has 0 saturated carbocycles. The Labute approximate surface area is 186 Å². The summed E-state index contributed by atoms with van der Waals surface area (Å²) in [5.74, 6) is -4.70. The monoisotopic (exact) mass is 490 g/mol. The molecule has 0 spiro atoms. The molecule has 0 bridgehead atoms. The fraction of sp³-hybridized carbons (Fsp3) is 0.300. The van der Waals surface area contributed by atoms with Crippen LogP contribution in [0.5, 0.6) is 0 Å². The molecule has 2 aromatic carbocycles. The minimum atomic E-state index is -5.01. The number of alkyl halides is 3. The second-order valence-corrected chi connectivity index (χ2v) is 9.71. The van der Waals surface area contributed by atoms with E-state index in [0.29, 0.717) is 12.1 Å². The first-order valence-electron chi connectivity index (χ1n) is 9.36. The molecular weight excluding hydrogens is 471 g/mol. The Bertz CT molecular complexity index is 1280. The molecule has 3 N–H and O–H groups in total. The van der Waals surface area contributed by atoms with Crippen LogP contribution in [0.25, 0.3) is 0 Å². The van der Waals surface area contributed by atoms with Crippen LogP contribution in [0.15, 0.2) is 35.3 Å². The van der Waals surface area contributed by atoms with E-state index in [9.17, 15) is 35.2 Å². The summed E-state index contributed by atoms with van der Waals surface area (Å²) in [5, 5.41) is 2.06. The number of nitrogens with two attached hydrogens (primary N) is 1. The molecule has 1 aliphatic heterocycles. The van der Waals surface area contributed by atoms with Gasteiger partial charge < -0.3 is 11.1 Å². The van der Waals surface area contributed by atoms with E-state index in [1.54, 1.807) is 0 Å². The van der Waals surface area contributed by atoms with Crippen molar-refractivity contribution in [1.29, 1.82) is 0 Å². The van der Waals surface area contributed by atoms with Crippen molar-refractivity contribution in [3.8, 4) is 0 Å². The van der Waals surface area contributed by atoms with E-state index in [2.05, 4.69) is 10.3 Å². The topological polar surface area (TPSA) is 105 Å². The maximum Gasteiger partial charge on any atom is 0.417 e. The highest BCUT2D eigenvalue weighted by Gasteiger charge is 2.42. The number of hydrogen-bond donors (Lipinski definition) is 2. The molecule has 2 aromatic rings. The lowest BCUT2D eigenvalue weighted by molar-refractivity contribution is -0.138. The van der Waals surface area contributed by atoms with Gasteiger partial charge >= 0.3 is 6.18 Å². The molecule has 1 heterocycles. The van der Waals surface area contributed by atoms with Crippen molar-refractivity contribution in [3.63, 3.8) is 0 Å². The first-order valence-corrected chi connectivity index (χ1v) is 11.0. The normalized spacial score (nSPS) is 20.4. The van der Waals surface area contributed by atoms with Gasteiger partial charge in [0, 0.05) is 12.7 Å². The van der Waals surface area contributed by atoms with Gasteiger partial charge in [-0.15, -0.1) is 0 Å². The number of hydrogen-bond acceptors (Lipinski definition) is 5. The summed E-state index contributed by atoms with van der Waals surface area (Å²) in [6.45, 7) is 2.73. The second kappa shape index (κ2) is 7.97. The van der Waals surface area contributed by atoms with Gasteiger partial charge in [0.25, 0.3) is 5.91 Å². The fourth-order valence-corrected chi connectivity index (χ4v) is 5.03. The summed E-state index contributed by atoms with van der Waals surface area (Å²) in [6, 6.07) is 4.03. The molecule has 178 valence electrons. The number of amides is 1. The molecule has 0 fully saturated rings. The van der Waals surface area contributed by atoms with Crippen molar-refractivity contribution in [2.75, 3.05) is 18.1 Å². The maximum absolute atomic E-state index is 14.7. The lowest BCUT2D eigenvalue weighted by Crippen LogP contribution is -2.50. The maximum atomic E-state index is 14.7. The van der Waals surface area contributed by atoms with Crippen molar-refractivity contribution in [1.82, 2.24) is 4.31 Å². The van der Waals surface area contributed by atoms with Gasteiger partial charge in [-0.25, -0.2) is 26.5 Å². The highest BCUT2D eigenvalue weighted by Crippen LogP contribution is 2.37. The first kappa shape index (κ1) is 24.4. The number of carbonyl (C=O) groups is 1. The third kappa shape index (κ3) is 4.49. The molecule has 1 aliphatic rings. The van der Waals surface area contributed by atoms with Gasteiger partial charge in [0.15, 0.2) is 0 Å². The van der Waals surface area contributed by atoms with Gasteiger partial charge in [0.05, 0.1) is 16.9 Å². The summed E-state index contributed by atoms with van der Waals surface area (Å²) in [4.78, 5) is 16.7. The standard InChI is InChI=1S/C20H19F5N4O3S/c1-10-13(19(2)9-33(31,32)29(3)18(26)28-19)7-11(8-15(10)22)27-17(30)16-12(20(23,24)25)5-4-6-14(16)21/h4-8H,9H2,1-3H3,(H2,26,28)(H,27,30)/t19-/m0/s1. The predicted octanol–water partition coefficient (Wildman–Crippen LogP) is 3.35. The van der Waals surface area contributed by atoms with E-state index in [0.717, 1.165) is 16.4 Å². The highest BCUT2D eigenvalue weighted by molar-refractivity contribution is 7.89. The van der Waals surface area contributed by atoms with E-state index in [1.807, 2.05) is 0 Å². The zero-order valence-electron chi connectivity index (χ0n) is 17.6. The summed E-state index contributed by atoms with van der Waals surface area (Å²) in [5.41, 5.74) is 1.09. The molecule has 1 atom stereocenters. The van der Waals surface area contributed by atoms with E-state index in [1.165, 1.54) is 27.0 Å². The Kier molecular flexibility index (Phi) is 5.90. The van der Waals surface area contributed by atoms with Crippen molar-refractivity contribution >= 4 is 27.6 Å².